The lowest BCUT2D eigenvalue weighted by Crippen LogP contribution is -2.20. The Morgan fingerprint density at radius 3 is 2.63 bits per heavy atom. The van der Waals surface area contributed by atoms with Crippen molar-refractivity contribution in [3.05, 3.63) is 17.0 Å². The summed E-state index contributed by atoms with van der Waals surface area (Å²) in [6.07, 6.45) is -2.46. The van der Waals surface area contributed by atoms with Gasteiger partial charge in [0.2, 0.25) is 5.28 Å². The van der Waals surface area contributed by atoms with Crippen LogP contribution < -0.4 is 5.32 Å². The number of rotatable bonds is 5. The molecule has 4 nitrogen and oxygen atoms in total. The smallest absolute Gasteiger partial charge is 0.367 e. The molecule has 1 rings (SSSR count). The number of aromatic nitrogens is 2. The Balaban J connectivity index is 2.78. The van der Waals surface area contributed by atoms with Gasteiger partial charge in [-0.05, 0) is 24.9 Å². The van der Waals surface area contributed by atoms with Gasteiger partial charge in [0.05, 0.1) is 0 Å². The van der Waals surface area contributed by atoms with Crippen LogP contribution in [0.1, 0.15) is 19.0 Å². The Labute approximate surface area is 116 Å². The predicted molar refractivity (Wildman–Crippen MR) is 68.7 cm³/mol. The molecule has 0 radical (unpaired) electrons. The van der Waals surface area contributed by atoms with Gasteiger partial charge in [0, 0.05) is 34.9 Å². The van der Waals surface area contributed by atoms with E-state index in [2.05, 4.69) is 15.3 Å². The number of nitrogens with zero attached hydrogens (tertiary/aromatic N) is 2. The van der Waals surface area contributed by atoms with Gasteiger partial charge in [-0.25, -0.2) is 9.97 Å². The molecule has 19 heavy (non-hydrogen) atoms. The molecule has 1 aromatic rings. The maximum Gasteiger partial charge on any atom is 0.433 e. The van der Waals surface area contributed by atoms with Crippen molar-refractivity contribution in [2.75, 3.05) is 17.3 Å². The fourth-order valence-electron chi connectivity index (χ4n) is 1.30. The highest BCUT2D eigenvalue weighted by Gasteiger charge is 2.33. The summed E-state index contributed by atoms with van der Waals surface area (Å²) < 4.78 is 48.5. The zero-order valence-electron chi connectivity index (χ0n) is 10.3. The van der Waals surface area contributed by atoms with Crippen LogP contribution in [0.15, 0.2) is 6.07 Å². The standard InChI is InChI=1S/C10H13ClF3N3OS/c1-6(3-4-19(2)18)15-8-5-7(10(12,13)14)16-9(11)17-8/h5-6H,3-4H2,1-2H3,(H,15,16,17). The zero-order chi connectivity index (χ0) is 14.6. The molecule has 0 saturated carbocycles. The van der Waals surface area contributed by atoms with Crippen molar-refractivity contribution in [3.8, 4) is 0 Å². The highest BCUT2D eigenvalue weighted by molar-refractivity contribution is 7.84. The second kappa shape index (κ2) is 6.51. The van der Waals surface area contributed by atoms with E-state index >= 15 is 0 Å². The molecule has 9 heteroatoms. The van der Waals surface area contributed by atoms with Crippen LogP contribution in [0.2, 0.25) is 5.28 Å². The number of nitrogens with one attached hydrogen (secondary N) is 1. The third-order valence-electron chi connectivity index (χ3n) is 2.22. The fourth-order valence-corrected chi connectivity index (χ4v) is 2.17. The van der Waals surface area contributed by atoms with E-state index in [0.29, 0.717) is 12.2 Å². The minimum absolute atomic E-state index is 0.00158. The normalized spacial score (nSPS) is 15.1. The molecule has 2 unspecified atom stereocenters. The maximum absolute atomic E-state index is 12.5. The molecule has 108 valence electrons. The van der Waals surface area contributed by atoms with Crippen molar-refractivity contribution in [2.45, 2.75) is 25.6 Å². The highest BCUT2D eigenvalue weighted by Crippen LogP contribution is 2.29. The average Bonchev–Trinajstić information content (AvgIpc) is 2.24. The average molecular weight is 316 g/mol. The summed E-state index contributed by atoms with van der Waals surface area (Å²) in [5.74, 6) is 0.459. The number of hydrogen-bond acceptors (Lipinski definition) is 4. The Kier molecular flexibility index (Phi) is 5.54. The number of alkyl halides is 3. The first-order chi connectivity index (χ1) is 8.68. The van der Waals surface area contributed by atoms with E-state index in [1.807, 2.05) is 0 Å². The van der Waals surface area contributed by atoms with E-state index in [4.69, 9.17) is 11.6 Å². The van der Waals surface area contributed by atoms with E-state index in [9.17, 15) is 17.4 Å². The van der Waals surface area contributed by atoms with Crippen LogP contribution in [-0.2, 0) is 17.0 Å². The first-order valence-electron chi connectivity index (χ1n) is 5.37. The Hall–Kier alpha value is -0.890. The maximum atomic E-state index is 12.5. The van der Waals surface area contributed by atoms with Crippen molar-refractivity contribution in [1.82, 2.24) is 9.97 Å². The molecule has 0 aromatic carbocycles. The molecule has 0 saturated heterocycles. The lowest BCUT2D eigenvalue weighted by molar-refractivity contribution is -0.141. The lowest BCUT2D eigenvalue weighted by Gasteiger charge is -2.15. The summed E-state index contributed by atoms with van der Waals surface area (Å²) in [5, 5.41) is 2.31. The molecular weight excluding hydrogens is 303 g/mol. The van der Waals surface area contributed by atoms with Gasteiger partial charge in [0.15, 0.2) is 5.69 Å². The van der Waals surface area contributed by atoms with Gasteiger partial charge in [-0.15, -0.1) is 0 Å². The van der Waals surface area contributed by atoms with E-state index in [0.717, 1.165) is 6.07 Å². The van der Waals surface area contributed by atoms with Gasteiger partial charge in [0.25, 0.3) is 0 Å². The quantitative estimate of drug-likeness (QED) is 0.849. The van der Waals surface area contributed by atoms with Crippen molar-refractivity contribution in [1.29, 1.82) is 0 Å². The largest absolute Gasteiger partial charge is 0.433 e. The molecule has 0 aliphatic carbocycles. The Morgan fingerprint density at radius 1 is 1.47 bits per heavy atom. The Morgan fingerprint density at radius 2 is 2.11 bits per heavy atom. The summed E-state index contributed by atoms with van der Waals surface area (Å²) in [7, 11) is -0.946. The van der Waals surface area contributed by atoms with Crippen LogP contribution >= 0.6 is 11.6 Å². The van der Waals surface area contributed by atoms with Crippen molar-refractivity contribution in [2.24, 2.45) is 0 Å². The van der Waals surface area contributed by atoms with E-state index < -0.39 is 28.0 Å². The molecular formula is C10H13ClF3N3OS. The number of halogens is 4. The van der Waals surface area contributed by atoms with Crippen LogP contribution in [0.3, 0.4) is 0 Å². The molecule has 0 spiro atoms. The van der Waals surface area contributed by atoms with Crippen LogP contribution in [0.4, 0.5) is 19.0 Å². The summed E-state index contributed by atoms with van der Waals surface area (Å²) in [5.41, 5.74) is -1.10. The molecule has 0 amide bonds. The highest BCUT2D eigenvalue weighted by atomic mass is 35.5. The predicted octanol–water partition coefficient (Wildman–Crippen LogP) is 2.72. The molecule has 0 aliphatic rings. The van der Waals surface area contributed by atoms with Crippen molar-refractivity contribution < 1.29 is 17.4 Å². The third kappa shape index (κ3) is 5.73. The minimum atomic E-state index is -4.57. The number of hydrogen-bond donors (Lipinski definition) is 1. The first kappa shape index (κ1) is 16.2. The summed E-state index contributed by atoms with van der Waals surface area (Å²) >= 11 is 5.46. The van der Waals surface area contributed by atoms with Crippen LogP contribution in [0.5, 0.6) is 0 Å². The molecule has 1 heterocycles. The second-order valence-electron chi connectivity index (χ2n) is 4.02. The molecule has 0 aliphatic heterocycles. The van der Waals surface area contributed by atoms with E-state index in [1.165, 1.54) is 0 Å². The second-order valence-corrected chi connectivity index (χ2v) is 5.91. The SMILES string of the molecule is CC(CCS(C)=O)Nc1cc(C(F)(F)F)nc(Cl)n1. The van der Waals surface area contributed by atoms with Gasteiger partial charge in [-0.3, -0.25) is 4.21 Å². The summed E-state index contributed by atoms with van der Waals surface area (Å²) in [6.45, 7) is 1.76. The molecule has 0 bridgehead atoms. The van der Waals surface area contributed by atoms with Crippen molar-refractivity contribution in [3.63, 3.8) is 0 Å². The van der Waals surface area contributed by atoms with E-state index in [1.54, 1.807) is 13.2 Å². The molecule has 2 atom stereocenters. The van der Waals surface area contributed by atoms with Gasteiger partial charge >= 0.3 is 6.18 Å². The topological polar surface area (TPSA) is 54.9 Å². The molecule has 0 fully saturated rings. The summed E-state index contributed by atoms with van der Waals surface area (Å²) in [4.78, 5) is 6.81. The zero-order valence-corrected chi connectivity index (χ0v) is 11.9. The van der Waals surface area contributed by atoms with Gasteiger partial charge in [0.1, 0.15) is 5.82 Å². The summed E-state index contributed by atoms with van der Waals surface area (Å²) in [6, 6.07) is 0.626. The molecule has 1 N–H and O–H groups in total. The van der Waals surface area contributed by atoms with Crippen LogP contribution in [-0.4, -0.2) is 32.2 Å². The Bertz CT molecular complexity index is 470. The molecule has 1 aromatic heterocycles. The van der Waals surface area contributed by atoms with Crippen LogP contribution in [0.25, 0.3) is 0 Å². The lowest BCUT2D eigenvalue weighted by atomic mass is 10.2. The first-order valence-corrected chi connectivity index (χ1v) is 7.47. The number of anilines is 1. The van der Waals surface area contributed by atoms with Gasteiger partial charge in [-0.2, -0.15) is 13.2 Å². The van der Waals surface area contributed by atoms with Crippen molar-refractivity contribution >= 4 is 28.2 Å². The van der Waals surface area contributed by atoms with Crippen LogP contribution in [0, 0.1) is 0 Å². The fraction of sp³-hybridized carbons (Fsp3) is 0.600. The third-order valence-corrected chi connectivity index (χ3v) is 3.20. The van der Waals surface area contributed by atoms with Gasteiger partial charge < -0.3 is 5.32 Å². The van der Waals surface area contributed by atoms with E-state index in [-0.39, 0.29) is 11.9 Å². The minimum Gasteiger partial charge on any atom is -0.367 e. The monoisotopic (exact) mass is 315 g/mol. The van der Waals surface area contributed by atoms with Gasteiger partial charge in [-0.1, -0.05) is 0 Å².